The number of hydrogen-bond donors (Lipinski definition) is 2. The van der Waals surface area contributed by atoms with Crippen LogP contribution < -0.4 is 10.1 Å². The highest BCUT2D eigenvalue weighted by molar-refractivity contribution is 5.79. The Labute approximate surface area is 188 Å². The molecule has 1 atom stereocenters. The molecular formula is C23H33N5O4. The van der Waals surface area contributed by atoms with Gasteiger partial charge in [0.1, 0.15) is 5.82 Å². The average molecular weight is 444 g/mol. The van der Waals surface area contributed by atoms with Crippen LogP contribution in [0.5, 0.6) is 11.5 Å². The third-order valence-electron chi connectivity index (χ3n) is 6.26. The smallest absolute Gasteiger partial charge is 0.223 e. The summed E-state index contributed by atoms with van der Waals surface area (Å²) in [6.45, 7) is 8.67. The lowest BCUT2D eigenvalue weighted by Crippen LogP contribution is -2.36. The Morgan fingerprint density at radius 1 is 1.28 bits per heavy atom. The van der Waals surface area contributed by atoms with Gasteiger partial charge in [0.25, 0.3) is 0 Å². The lowest BCUT2D eigenvalue weighted by atomic mass is 9.99. The maximum Gasteiger partial charge on any atom is 0.223 e. The molecular weight excluding hydrogens is 410 g/mol. The van der Waals surface area contributed by atoms with E-state index < -0.39 is 0 Å². The van der Waals surface area contributed by atoms with Crippen LogP contribution >= 0.6 is 0 Å². The van der Waals surface area contributed by atoms with Gasteiger partial charge in [-0.15, -0.1) is 10.2 Å². The van der Waals surface area contributed by atoms with Gasteiger partial charge in [-0.05, 0) is 32.8 Å². The Morgan fingerprint density at radius 2 is 2.09 bits per heavy atom. The number of hydrogen-bond acceptors (Lipinski definition) is 7. The summed E-state index contributed by atoms with van der Waals surface area (Å²) < 4.78 is 13.0. The highest BCUT2D eigenvalue weighted by Crippen LogP contribution is 2.31. The highest BCUT2D eigenvalue weighted by atomic mass is 16.5. The van der Waals surface area contributed by atoms with Crippen molar-refractivity contribution in [2.75, 3.05) is 32.9 Å². The number of nitrogens with one attached hydrogen (secondary N) is 1. The summed E-state index contributed by atoms with van der Waals surface area (Å²) in [7, 11) is 0. The van der Waals surface area contributed by atoms with E-state index in [1.807, 2.05) is 26.0 Å². The number of carbonyl (C=O) groups is 1. The van der Waals surface area contributed by atoms with Gasteiger partial charge in [-0.1, -0.05) is 12.1 Å². The fourth-order valence-electron chi connectivity index (χ4n) is 4.43. The molecule has 2 aliphatic rings. The number of phenols is 1. The minimum Gasteiger partial charge on any atom is -0.504 e. The first-order chi connectivity index (χ1) is 15.6. The maximum absolute atomic E-state index is 12.6. The number of aromatic hydroxyl groups is 1. The van der Waals surface area contributed by atoms with E-state index >= 15 is 0 Å². The second-order valence-corrected chi connectivity index (χ2v) is 8.47. The molecule has 1 fully saturated rings. The van der Waals surface area contributed by atoms with Crippen molar-refractivity contribution in [2.24, 2.45) is 5.92 Å². The summed E-state index contributed by atoms with van der Waals surface area (Å²) in [5.74, 6) is 2.54. The van der Waals surface area contributed by atoms with E-state index in [0.717, 1.165) is 56.1 Å². The molecule has 0 spiro atoms. The van der Waals surface area contributed by atoms with Crippen LogP contribution in [0, 0.1) is 5.92 Å². The molecule has 2 N–H and O–H groups in total. The normalized spacial score (nSPS) is 18.6. The van der Waals surface area contributed by atoms with Crippen LogP contribution in [0.25, 0.3) is 0 Å². The summed E-state index contributed by atoms with van der Waals surface area (Å²) in [5.41, 5.74) is 0.853. The zero-order chi connectivity index (χ0) is 22.5. The van der Waals surface area contributed by atoms with Gasteiger partial charge in [0.2, 0.25) is 5.91 Å². The van der Waals surface area contributed by atoms with Crippen LogP contribution in [0.1, 0.15) is 49.9 Å². The molecule has 0 unspecified atom stereocenters. The SMILES string of the molecule is CCOc1cccc(CN2CCc3nnc([C@H](C)NC(=O)C4CCOCC4)n3CC2)c1O. The van der Waals surface area contributed by atoms with Crippen LogP contribution in [0.3, 0.4) is 0 Å². The van der Waals surface area contributed by atoms with Crippen LogP contribution in [0.15, 0.2) is 18.2 Å². The zero-order valence-electron chi connectivity index (χ0n) is 18.9. The third kappa shape index (κ3) is 5.05. The Hall–Kier alpha value is -2.65. The second kappa shape index (κ2) is 10.3. The number of aromatic nitrogens is 3. The Bertz CT molecular complexity index is 925. The quantitative estimate of drug-likeness (QED) is 0.675. The van der Waals surface area contributed by atoms with E-state index in [9.17, 15) is 9.90 Å². The Balaban J connectivity index is 1.39. The molecule has 1 aromatic carbocycles. The Morgan fingerprint density at radius 3 is 2.88 bits per heavy atom. The lowest BCUT2D eigenvalue weighted by molar-refractivity contribution is -0.128. The molecule has 9 nitrogen and oxygen atoms in total. The van der Waals surface area contributed by atoms with Gasteiger partial charge < -0.3 is 24.5 Å². The summed E-state index contributed by atoms with van der Waals surface area (Å²) in [4.78, 5) is 14.9. The summed E-state index contributed by atoms with van der Waals surface area (Å²) in [5, 5.41) is 22.4. The van der Waals surface area contributed by atoms with E-state index in [0.29, 0.717) is 32.1 Å². The first kappa shape index (κ1) is 22.5. The van der Waals surface area contributed by atoms with Gasteiger partial charge in [0.15, 0.2) is 17.3 Å². The molecule has 0 bridgehead atoms. The summed E-state index contributed by atoms with van der Waals surface area (Å²) in [6, 6.07) is 5.43. The van der Waals surface area contributed by atoms with Crippen molar-refractivity contribution >= 4 is 5.91 Å². The van der Waals surface area contributed by atoms with Crippen molar-refractivity contribution < 1.29 is 19.4 Å². The molecule has 32 heavy (non-hydrogen) atoms. The largest absolute Gasteiger partial charge is 0.504 e. The molecule has 1 amide bonds. The molecule has 1 aromatic heterocycles. The van der Waals surface area contributed by atoms with E-state index in [1.54, 1.807) is 6.07 Å². The molecule has 0 saturated carbocycles. The van der Waals surface area contributed by atoms with Gasteiger partial charge in [-0.25, -0.2) is 0 Å². The predicted octanol–water partition coefficient (Wildman–Crippen LogP) is 2.04. The second-order valence-electron chi connectivity index (χ2n) is 8.47. The molecule has 174 valence electrons. The Kier molecular flexibility index (Phi) is 7.26. The van der Waals surface area contributed by atoms with E-state index in [2.05, 4.69) is 25.0 Å². The number of rotatable bonds is 7. The number of ether oxygens (including phenoxy) is 2. The number of benzene rings is 1. The fraction of sp³-hybridized carbons (Fsp3) is 0.609. The first-order valence-corrected chi connectivity index (χ1v) is 11.5. The van der Waals surface area contributed by atoms with Crippen LogP contribution in [0.2, 0.25) is 0 Å². The molecule has 0 aliphatic carbocycles. The lowest BCUT2D eigenvalue weighted by Gasteiger charge is -2.24. The van der Waals surface area contributed by atoms with Crippen molar-refractivity contribution in [3.8, 4) is 11.5 Å². The molecule has 0 radical (unpaired) electrons. The summed E-state index contributed by atoms with van der Waals surface area (Å²) >= 11 is 0. The summed E-state index contributed by atoms with van der Waals surface area (Å²) in [6.07, 6.45) is 2.30. The predicted molar refractivity (Wildman–Crippen MR) is 118 cm³/mol. The van der Waals surface area contributed by atoms with Gasteiger partial charge in [-0.3, -0.25) is 9.69 Å². The van der Waals surface area contributed by atoms with Crippen molar-refractivity contribution in [1.29, 1.82) is 0 Å². The average Bonchev–Trinajstić information content (AvgIpc) is 3.11. The zero-order valence-corrected chi connectivity index (χ0v) is 18.9. The maximum atomic E-state index is 12.6. The van der Waals surface area contributed by atoms with Crippen LogP contribution in [0.4, 0.5) is 0 Å². The van der Waals surface area contributed by atoms with Gasteiger partial charge in [0, 0.05) is 57.3 Å². The van der Waals surface area contributed by atoms with Crippen molar-refractivity contribution in [2.45, 2.75) is 52.2 Å². The van der Waals surface area contributed by atoms with E-state index in [1.165, 1.54) is 0 Å². The van der Waals surface area contributed by atoms with Gasteiger partial charge in [0.05, 0.1) is 12.6 Å². The third-order valence-corrected chi connectivity index (χ3v) is 6.26. The minimum absolute atomic E-state index is 0.00773. The van der Waals surface area contributed by atoms with E-state index in [-0.39, 0.29) is 23.6 Å². The first-order valence-electron chi connectivity index (χ1n) is 11.5. The number of amides is 1. The van der Waals surface area contributed by atoms with Crippen molar-refractivity contribution in [1.82, 2.24) is 25.0 Å². The number of phenolic OH excluding ortho intramolecular Hbond substituents is 1. The van der Waals surface area contributed by atoms with Crippen molar-refractivity contribution in [3.63, 3.8) is 0 Å². The minimum atomic E-state index is -0.204. The highest BCUT2D eigenvalue weighted by Gasteiger charge is 2.27. The number of nitrogens with zero attached hydrogens (tertiary/aromatic N) is 4. The van der Waals surface area contributed by atoms with E-state index in [4.69, 9.17) is 9.47 Å². The molecule has 1 saturated heterocycles. The van der Waals surface area contributed by atoms with Gasteiger partial charge in [-0.2, -0.15) is 0 Å². The van der Waals surface area contributed by atoms with Crippen LogP contribution in [-0.4, -0.2) is 63.6 Å². The van der Waals surface area contributed by atoms with Gasteiger partial charge >= 0.3 is 0 Å². The number of carbonyl (C=O) groups excluding carboxylic acids is 1. The fourth-order valence-corrected chi connectivity index (χ4v) is 4.43. The number of para-hydroxylation sites is 1. The molecule has 4 rings (SSSR count). The monoisotopic (exact) mass is 443 g/mol. The molecule has 3 heterocycles. The standard InChI is InChI=1S/C23H33N5O4/c1-3-32-19-6-4-5-18(21(19)29)15-27-10-7-20-25-26-22(28(20)12-11-27)16(2)24-23(30)17-8-13-31-14-9-17/h4-6,16-17,29H,3,7-15H2,1-2H3,(H,24,30)/t16-/m0/s1. The molecule has 9 heteroatoms. The van der Waals surface area contributed by atoms with Crippen molar-refractivity contribution in [3.05, 3.63) is 35.4 Å². The molecule has 2 aliphatic heterocycles. The molecule has 2 aromatic rings. The topological polar surface area (TPSA) is 102 Å². The van der Waals surface area contributed by atoms with Crippen LogP contribution in [-0.2, 0) is 29.0 Å². The number of fused-ring (bicyclic) bond motifs is 1.